The Morgan fingerprint density at radius 2 is 2.04 bits per heavy atom. The zero-order valence-corrected chi connectivity index (χ0v) is 16.2. The van der Waals surface area contributed by atoms with Gasteiger partial charge in [-0.15, -0.1) is 0 Å². The molecule has 2 N–H and O–H groups in total. The summed E-state index contributed by atoms with van der Waals surface area (Å²) in [5, 5.41) is 6.65. The molecule has 0 bridgehead atoms. The second kappa shape index (κ2) is 11.1. The number of methoxy groups -OCH3 is 1. The van der Waals surface area contributed by atoms with E-state index in [0.29, 0.717) is 6.54 Å². The predicted molar refractivity (Wildman–Crippen MR) is 103 cm³/mol. The molecule has 0 saturated carbocycles. The molecule has 0 aliphatic carbocycles. The van der Waals surface area contributed by atoms with Crippen molar-refractivity contribution in [3.8, 4) is 0 Å². The molecule has 0 aliphatic heterocycles. The Kier molecular flexibility index (Phi) is 9.45. The van der Waals surface area contributed by atoms with Crippen LogP contribution in [0.3, 0.4) is 0 Å². The van der Waals surface area contributed by atoms with Crippen molar-refractivity contribution < 1.29 is 9.13 Å². The molecule has 1 rings (SSSR count). The predicted octanol–water partition coefficient (Wildman–Crippen LogP) is 2.24. The van der Waals surface area contributed by atoms with Crippen LogP contribution in [0, 0.1) is 5.82 Å². The van der Waals surface area contributed by atoms with Gasteiger partial charge in [0, 0.05) is 52.4 Å². The number of rotatable bonds is 10. The maximum absolute atomic E-state index is 13.4. The Morgan fingerprint density at radius 1 is 1.28 bits per heavy atom. The highest BCUT2D eigenvalue weighted by atomic mass is 19.1. The summed E-state index contributed by atoms with van der Waals surface area (Å²) in [6.07, 6.45) is 1.03. The Hall–Kier alpha value is -1.66. The molecule has 0 aliphatic rings. The van der Waals surface area contributed by atoms with Crippen LogP contribution in [-0.2, 0) is 10.2 Å². The van der Waals surface area contributed by atoms with Gasteiger partial charge < -0.3 is 20.3 Å². The lowest BCUT2D eigenvalue weighted by Gasteiger charge is -2.27. The topological polar surface area (TPSA) is 48.9 Å². The van der Waals surface area contributed by atoms with Crippen molar-refractivity contribution in [2.24, 2.45) is 4.99 Å². The van der Waals surface area contributed by atoms with E-state index in [1.54, 1.807) is 26.3 Å². The molecule has 25 heavy (non-hydrogen) atoms. The van der Waals surface area contributed by atoms with Crippen molar-refractivity contribution in [1.29, 1.82) is 0 Å². The molecule has 0 fully saturated rings. The van der Waals surface area contributed by atoms with Gasteiger partial charge in [-0.3, -0.25) is 4.99 Å². The van der Waals surface area contributed by atoms with Crippen LogP contribution in [0.4, 0.5) is 4.39 Å². The van der Waals surface area contributed by atoms with Gasteiger partial charge in [-0.2, -0.15) is 0 Å². The third kappa shape index (κ3) is 8.31. The lowest BCUT2D eigenvalue weighted by Crippen LogP contribution is -2.45. The van der Waals surface area contributed by atoms with E-state index in [9.17, 15) is 4.39 Å². The molecule has 0 saturated heterocycles. The lowest BCUT2D eigenvalue weighted by atomic mass is 9.84. The summed E-state index contributed by atoms with van der Waals surface area (Å²) >= 11 is 0. The molecule has 5 nitrogen and oxygen atoms in total. The van der Waals surface area contributed by atoms with Crippen LogP contribution in [-0.4, -0.2) is 64.9 Å². The number of hydrogen-bond acceptors (Lipinski definition) is 3. The van der Waals surface area contributed by atoms with Gasteiger partial charge in [0.05, 0.1) is 0 Å². The molecule has 142 valence electrons. The monoisotopic (exact) mass is 352 g/mol. The van der Waals surface area contributed by atoms with Crippen LogP contribution in [0.25, 0.3) is 0 Å². The molecular weight excluding hydrogens is 319 g/mol. The van der Waals surface area contributed by atoms with Crippen molar-refractivity contribution in [2.75, 3.05) is 54.0 Å². The SMILES string of the molecule is CN=C(NCCN(C)CCCOC)NCC(C)(C)c1cccc(F)c1. The van der Waals surface area contributed by atoms with Gasteiger partial charge in [0.1, 0.15) is 5.82 Å². The van der Waals surface area contributed by atoms with E-state index >= 15 is 0 Å². The maximum Gasteiger partial charge on any atom is 0.191 e. The minimum Gasteiger partial charge on any atom is -0.385 e. The number of aliphatic imine (C=N–C) groups is 1. The van der Waals surface area contributed by atoms with Crippen molar-refractivity contribution in [3.05, 3.63) is 35.6 Å². The van der Waals surface area contributed by atoms with E-state index in [2.05, 4.69) is 41.4 Å². The molecule has 0 unspecified atom stereocenters. The largest absolute Gasteiger partial charge is 0.385 e. The van der Waals surface area contributed by atoms with Crippen molar-refractivity contribution in [1.82, 2.24) is 15.5 Å². The standard InChI is InChI=1S/C19H33FN4O/c1-19(2,16-8-6-9-17(20)14-16)15-23-18(21-3)22-10-12-24(4)11-7-13-25-5/h6,8-9,14H,7,10-13,15H2,1-5H3,(H2,21,22,23). The van der Waals surface area contributed by atoms with Gasteiger partial charge in [-0.05, 0) is 31.2 Å². The number of hydrogen-bond donors (Lipinski definition) is 2. The summed E-state index contributed by atoms with van der Waals surface area (Å²) in [7, 11) is 5.58. The number of benzene rings is 1. The first-order chi connectivity index (χ1) is 11.9. The summed E-state index contributed by atoms with van der Waals surface area (Å²) in [6.45, 7) is 8.38. The molecule has 0 amide bonds. The molecule has 1 aromatic rings. The first-order valence-corrected chi connectivity index (χ1v) is 8.77. The number of nitrogens with one attached hydrogen (secondary N) is 2. The fourth-order valence-corrected chi connectivity index (χ4v) is 2.49. The fraction of sp³-hybridized carbons (Fsp3) is 0.632. The van der Waals surface area contributed by atoms with Crippen molar-refractivity contribution in [3.63, 3.8) is 0 Å². The Balaban J connectivity index is 2.38. The smallest absolute Gasteiger partial charge is 0.191 e. The summed E-state index contributed by atoms with van der Waals surface area (Å²) in [6, 6.07) is 6.76. The summed E-state index contributed by atoms with van der Waals surface area (Å²) in [5.74, 6) is 0.555. The van der Waals surface area contributed by atoms with Crippen LogP contribution in [0.1, 0.15) is 25.8 Å². The Labute approximate surface area is 151 Å². The second-order valence-electron chi connectivity index (χ2n) is 6.90. The van der Waals surface area contributed by atoms with Gasteiger partial charge in [0.25, 0.3) is 0 Å². The van der Waals surface area contributed by atoms with Crippen LogP contribution in [0.15, 0.2) is 29.3 Å². The average molecular weight is 352 g/mol. The van der Waals surface area contributed by atoms with Crippen LogP contribution < -0.4 is 10.6 Å². The number of guanidine groups is 1. The number of nitrogens with zero attached hydrogens (tertiary/aromatic N) is 2. The zero-order valence-electron chi connectivity index (χ0n) is 16.2. The fourth-order valence-electron chi connectivity index (χ4n) is 2.49. The summed E-state index contributed by atoms with van der Waals surface area (Å²) in [5.41, 5.74) is 0.768. The van der Waals surface area contributed by atoms with E-state index in [-0.39, 0.29) is 11.2 Å². The molecule has 0 radical (unpaired) electrons. The highest BCUT2D eigenvalue weighted by molar-refractivity contribution is 5.79. The van der Waals surface area contributed by atoms with E-state index in [0.717, 1.165) is 44.2 Å². The normalized spacial score (nSPS) is 12.5. The number of ether oxygens (including phenoxy) is 1. The number of likely N-dealkylation sites (N-methyl/N-ethyl adjacent to an activating group) is 1. The maximum atomic E-state index is 13.4. The van der Waals surface area contributed by atoms with Gasteiger partial charge in [-0.25, -0.2) is 4.39 Å². The Morgan fingerprint density at radius 3 is 2.68 bits per heavy atom. The number of halogens is 1. The highest BCUT2D eigenvalue weighted by Gasteiger charge is 2.21. The van der Waals surface area contributed by atoms with Crippen LogP contribution >= 0.6 is 0 Å². The summed E-state index contributed by atoms with van der Waals surface area (Å²) < 4.78 is 18.5. The van der Waals surface area contributed by atoms with Gasteiger partial charge in [-0.1, -0.05) is 26.0 Å². The molecule has 0 aromatic heterocycles. The minimum absolute atomic E-state index is 0.198. The average Bonchev–Trinajstić information content (AvgIpc) is 2.58. The Bertz CT molecular complexity index is 534. The van der Waals surface area contributed by atoms with E-state index in [1.165, 1.54) is 6.07 Å². The van der Waals surface area contributed by atoms with Crippen LogP contribution in [0.5, 0.6) is 0 Å². The lowest BCUT2D eigenvalue weighted by molar-refractivity contribution is 0.180. The second-order valence-corrected chi connectivity index (χ2v) is 6.90. The van der Waals surface area contributed by atoms with Crippen molar-refractivity contribution in [2.45, 2.75) is 25.7 Å². The third-order valence-corrected chi connectivity index (χ3v) is 4.20. The molecule has 1 aromatic carbocycles. The van der Waals surface area contributed by atoms with Crippen LogP contribution in [0.2, 0.25) is 0 Å². The minimum atomic E-state index is -0.204. The molecule has 0 atom stereocenters. The van der Waals surface area contributed by atoms with Crippen molar-refractivity contribution >= 4 is 5.96 Å². The molecular formula is C19H33FN4O. The summed E-state index contributed by atoms with van der Waals surface area (Å²) in [4.78, 5) is 6.52. The first-order valence-electron chi connectivity index (χ1n) is 8.77. The van der Waals surface area contributed by atoms with E-state index in [4.69, 9.17) is 4.74 Å². The highest BCUT2D eigenvalue weighted by Crippen LogP contribution is 2.22. The van der Waals surface area contributed by atoms with E-state index < -0.39 is 0 Å². The van der Waals surface area contributed by atoms with Gasteiger partial charge in [0.15, 0.2) is 5.96 Å². The molecule has 0 spiro atoms. The first kappa shape index (κ1) is 21.4. The van der Waals surface area contributed by atoms with Gasteiger partial charge in [0.2, 0.25) is 0 Å². The molecule has 0 heterocycles. The third-order valence-electron chi connectivity index (χ3n) is 4.20. The van der Waals surface area contributed by atoms with E-state index in [1.807, 2.05) is 6.07 Å². The quantitative estimate of drug-likeness (QED) is 0.385. The van der Waals surface area contributed by atoms with Gasteiger partial charge >= 0.3 is 0 Å². The molecule has 6 heteroatoms. The zero-order chi connectivity index (χ0) is 18.7.